The van der Waals surface area contributed by atoms with Crippen LogP contribution in [-0.2, 0) is 6.54 Å². The molecule has 0 spiro atoms. The average Bonchev–Trinajstić information content (AvgIpc) is 2.72. The van der Waals surface area contributed by atoms with Gasteiger partial charge in [0.15, 0.2) is 5.17 Å². The van der Waals surface area contributed by atoms with E-state index in [2.05, 4.69) is 74.9 Å². The van der Waals surface area contributed by atoms with Crippen LogP contribution in [0, 0.1) is 5.82 Å². The van der Waals surface area contributed by atoms with Gasteiger partial charge >= 0.3 is 0 Å². The molecule has 2 aromatic rings. The molecule has 0 unspecified atom stereocenters. The van der Waals surface area contributed by atoms with E-state index in [1.807, 2.05) is 6.92 Å². The Morgan fingerprint density at radius 2 is 1.69 bits per heavy atom. The third-order valence-corrected chi connectivity index (χ3v) is 5.17. The molecular formula is C25H33FN2S. The summed E-state index contributed by atoms with van der Waals surface area (Å²) in [6, 6.07) is 15.2. The topological polar surface area (TPSA) is 24.4 Å². The highest BCUT2D eigenvalue weighted by atomic mass is 32.2. The maximum Gasteiger partial charge on any atom is 0.161 e. The van der Waals surface area contributed by atoms with Gasteiger partial charge < -0.3 is 5.32 Å². The summed E-state index contributed by atoms with van der Waals surface area (Å²) in [5, 5.41) is 3.98. The molecule has 0 bridgehead atoms. The number of allylic oxidation sites excluding steroid dienone is 3. The summed E-state index contributed by atoms with van der Waals surface area (Å²) in [5.41, 5.74) is 5.10. The molecule has 156 valence electrons. The first kappa shape index (κ1) is 24.7. The van der Waals surface area contributed by atoms with Gasteiger partial charge in [-0.1, -0.05) is 74.7 Å². The fourth-order valence-electron chi connectivity index (χ4n) is 2.40. The summed E-state index contributed by atoms with van der Waals surface area (Å²) >= 11 is 1.49. The van der Waals surface area contributed by atoms with Crippen LogP contribution in [0.1, 0.15) is 57.2 Å². The molecule has 0 aromatic heterocycles. The van der Waals surface area contributed by atoms with Crippen LogP contribution in [0.15, 0.2) is 71.1 Å². The lowest BCUT2D eigenvalue weighted by Gasteiger charge is -2.08. The first-order chi connectivity index (χ1) is 13.8. The Hall–Kier alpha value is -2.33. The van der Waals surface area contributed by atoms with Gasteiger partial charge in [-0.25, -0.2) is 4.39 Å². The van der Waals surface area contributed by atoms with Gasteiger partial charge in [0.25, 0.3) is 0 Å². The molecule has 0 saturated heterocycles. The molecule has 4 heteroatoms. The van der Waals surface area contributed by atoms with Crippen molar-refractivity contribution in [1.29, 1.82) is 0 Å². The average molecular weight is 413 g/mol. The van der Waals surface area contributed by atoms with Crippen LogP contribution in [0.2, 0.25) is 0 Å². The quantitative estimate of drug-likeness (QED) is 0.409. The molecule has 0 aliphatic rings. The summed E-state index contributed by atoms with van der Waals surface area (Å²) in [5.74, 6) is 0.407. The Bertz CT molecular complexity index is 819. The second-order valence-electron chi connectivity index (χ2n) is 7.06. The monoisotopic (exact) mass is 412 g/mol. The minimum absolute atomic E-state index is 0.218. The molecule has 0 heterocycles. The van der Waals surface area contributed by atoms with Crippen molar-refractivity contribution in [2.75, 3.05) is 7.05 Å². The number of thioether (sulfide) groups is 1. The number of aliphatic imine (C=N–C) groups is 1. The SMILES string of the molecule is C/C=C(\C)c1ccc(C(C)C)cc1.C=C(C)SC(=NC)NCc1ccc(F)cc1. The van der Waals surface area contributed by atoms with Crippen LogP contribution >= 0.6 is 11.8 Å². The van der Waals surface area contributed by atoms with Crippen molar-refractivity contribution in [2.45, 2.75) is 47.1 Å². The van der Waals surface area contributed by atoms with Crippen molar-refractivity contribution in [3.05, 3.63) is 88.6 Å². The first-order valence-electron chi connectivity index (χ1n) is 9.78. The third-order valence-electron chi connectivity index (χ3n) is 4.30. The number of halogens is 1. The van der Waals surface area contributed by atoms with Gasteiger partial charge in [0.2, 0.25) is 0 Å². The zero-order chi connectivity index (χ0) is 21.8. The summed E-state index contributed by atoms with van der Waals surface area (Å²) in [4.78, 5) is 5.07. The number of hydrogen-bond donors (Lipinski definition) is 1. The molecule has 2 nitrogen and oxygen atoms in total. The van der Waals surface area contributed by atoms with E-state index in [1.165, 1.54) is 40.6 Å². The second-order valence-corrected chi connectivity index (χ2v) is 8.35. The van der Waals surface area contributed by atoms with E-state index in [4.69, 9.17) is 0 Å². The van der Waals surface area contributed by atoms with Crippen LogP contribution in [0.5, 0.6) is 0 Å². The molecule has 0 fully saturated rings. The van der Waals surface area contributed by atoms with E-state index in [-0.39, 0.29) is 5.82 Å². The minimum Gasteiger partial charge on any atom is -0.361 e. The molecule has 2 rings (SSSR count). The minimum atomic E-state index is -0.218. The van der Waals surface area contributed by atoms with Crippen LogP contribution in [-0.4, -0.2) is 12.2 Å². The normalized spacial score (nSPS) is 11.7. The van der Waals surface area contributed by atoms with Crippen LogP contribution in [0.3, 0.4) is 0 Å². The van der Waals surface area contributed by atoms with Crippen LogP contribution in [0.25, 0.3) is 5.57 Å². The number of amidine groups is 1. The van der Waals surface area contributed by atoms with Gasteiger partial charge in [-0.15, -0.1) is 0 Å². The summed E-state index contributed by atoms with van der Waals surface area (Å²) in [6.07, 6.45) is 2.14. The van der Waals surface area contributed by atoms with Gasteiger partial charge in [0.05, 0.1) is 0 Å². The van der Waals surface area contributed by atoms with Gasteiger partial charge in [-0.3, -0.25) is 4.99 Å². The Kier molecular flexibility index (Phi) is 11.1. The highest BCUT2D eigenvalue weighted by molar-refractivity contribution is 8.17. The maximum absolute atomic E-state index is 12.7. The molecule has 0 amide bonds. The van der Waals surface area contributed by atoms with Crippen LogP contribution in [0.4, 0.5) is 4.39 Å². The Balaban J connectivity index is 0.000000296. The largest absolute Gasteiger partial charge is 0.361 e. The van der Waals surface area contributed by atoms with Crippen molar-refractivity contribution >= 4 is 22.5 Å². The van der Waals surface area contributed by atoms with E-state index in [0.717, 1.165) is 15.6 Å². The van der Waals surface area contributed by atoms with Crippen molar-refractivity contribution in [2.24, 2.45) is 4.99 Å². The molecule has 0 aliphatic heterocycles. The molecule has 0 atom stereocenters. The van der Waals surface area contributed by atoms with Gasteiger partial charge in [-0.05, 0) is 66.0 Å². The third kappa shape index (κ3) is 9.62. The number of rotatable bonds is 5. The van der Waals surface area contributed by atoms with Crippen molar-refractivity contribution < 1.29 is 4.39 Å². The number of benzene rings is 2. The van der Waals surface area contributed by atoms with E-state index >= 15 is 0 Å². The molecule has 0 radical (unpaired) electrons. The first-order valence-corrected chi connectivity index (χ1v) is 10.6. The van der Waals surface area contributed by atoms with E-state index in [9.17, 15) is 4.39 Å². The highest BCUT2D eigenvalue weighted by Crippen LogP contribution is 2.18. The second kappa shape index (κ2) is 13.0. The molecule has 1 N–H and O–H groups in total. The van der Waals surface area contributed by atoms with E-state index in [1.54, 1.807) is 19.2 Å². The Morgan fingerprint density at radius 3 is 2.14 bits per heavy atom. The Labute approximate surface area is 180 Å². The fraction of sp³-hybridized carbons (Fsp3) is 0.320. The zero-order valence-corrected chi connectivity index (χ0v) is 19.2. The maximum atomic E-state index is 12.7. The number of nitrogens with one attached hydrogen (secondary N) is 1. The smallest absolute Gasteiger partial charge is 0.161 e. The summed E-state index contributed by atoms with van der Waals surface area (Å²) in [6.45, 7) is 15.0. The number of nitrogens with zero attached hydrogens (tertiary/aromatic N) is 1. The van der Waals surface area contributed by atoms with Crippen LogP contribution < -0.4 is 5.32 Å². The van der Waals surface area contributed by atoms with Gasteiger partial charge in [-0.2, -0.15) is 0 Å². The molecule has 0 saturated carbocycles. The summed E-state index contributed by atoms with van der Waals surface area (Å²) < 4.78 is 12.7. The van der Waals surface area contributed by atoms with Crippen molar-refractivity contribution in [3.63, 3.8) is 0 Å². The molecular weight excluding hydrogens is 379 g/mol. The lowest BCUT2D eigenvalue weighted by Crippen LogP contribution is -2.19. The zero-order valence-electron chi connectivity index (χ0n) is 18.4. The standard InChI is InChI=1S/C13H18.C12H15FN2S/c1-5-11(4)13-8-6-12(7-9-13)10(2)3;1-9(2)16-12(14-3)15-8-10-4-6-11(13)7-5-10/h5-10H,1-4H3;4-7H,1,8H2,2-3H3,(H,14,15)/b11-5+;. The molecule has 2 aromatic carbocycles. The Morgan fingerprint density at radius 1 is 1.10 bits per heavy atom. The lowest BCUT2D eigenvalue weighted by molar-refractivity contribution is 0.627. The van der Waals surface area contributed by atoms with E-state index < -0.39 is 0 Å². The molecule has 29 heavy (non-hydrogen) atoms. The van der Waals surface area contributed by atoms with Crippen molar-refractivity contribution in [1.82, 2.24) is 5.32 Å². The molecule has 0 aliphatic carbocycles. The van der Waals surface area contributed by atoms with Gasteiger partial charge in [0, 0.05) is 13.6 Å². The lowest BCUT2D eigenvalue weighted by atomic mass is 9.99. The predicted octanol–water partition coefficient (Wildman–Crippen LogP) is 7.40. The predicted molar refractivity (Wildman–Crippen MR) is 129 cm³/mol. The highest BCUT2D eigenvalue weighted by Gasteiger charge is 2.00. The fourth-order valence-corrected chi connectivity index (χ4v) is 2.97. The summed E-state index contributed by atoms with van der Waals surface area (Å²) in [7, 11) is 1.73. The number of hydrogen-bond acceptors (Lipinski definition) is 2. The van der Waals surface area contributed by atoms with Crippen molar-refractivity contribution in [3.8, 4) is 0 Å². The van der Waals surface area contributed by atoms with E-state index in [0.29, 0.717) is 12.5 Å². The van der Waals surface area contributed by atoms with Gasteiger partial charge in [0.1, 0.15) is 5.82 Å².